The summed E-state index contributed by atoms with van der Waals surface area (Å²) < 4.78 is 6.95. The van der Waals surface area contributed by atoms with Crippen molar-refractivity contribution in [3.05, 3.63) is 36.8 Å². The standard InChI is InChI=1S/C18H23N9O/c1-25(14-7-9-26(10-8-14)18-21-23-24-22-18)17(19)27-11-16(20-12-27)13-3-5-15(28-2)6-4-13/h3-6,11-12,14,19H,7-10H2,1-2H3,(H,21,22,23,24). The van der Waals surface area contributed by atoms with E-state index in [0.717, 1.165) is 42.9 Å². The third-order valence-corrected chi connectivity index (χ3v) is 5.18. The molecule has 1 aliphatic rings. The maximum Gasteiger partial charge on any atom is 0.265 e. The monoisotopic (exact) mass is 381 g/mol. The van der Waals surface area contributed by atoms with Crippen molar-refractivity contribution in [2.24, 2.45) is 0 Å². The van der Waals surface area contributed by atoms with E-state index in [-0.39, 0.29) is 6.04 Å². The second-order valence-electron chi connectivity index (χ2n) is 6.76. The van der Waals surface area contributed by atoms with E-state index >= 15 is 0 Å². The van der Waals surface area contributed by atoms with Gasteiger partial charge in [0.15, 0.2) is 0 Å². The first-order valence-corrected chi connectivity index (χ1v) is 9.14. The number of H-pyrrole nitrogens is 1. The lowest BCUT2D eigenvalue weighted by Crippen LogP contribution is -2.47. The molecule has 146 valence electrons. The Bertz CT molecular complexity index is 911. The minimum Gasteiger partial charge on any atom is -0.497 e. The van der Waals surface area contributed by atoms with Crippen molar-refractivity contribution in [2.45, 2.75) is 18.9 Å². The molecule has 2 aromatic heterocycles. The highest BCUT2D eigenvalue weighted by Gasteiger charge is 2.26. The van der Waals surface area contributed by atoms with Crippen LogP contribution in [0.3, 0.4) is 0 Å². The molecule has 0 unspecified atom stereocenters. The van der Waals surface area contributed by atoms with Crippen LogP contribution in [0.1, 0.15) is 12.8 Å². The highest BCUT2D eigenvalue weighted by molar-refractivity contribution is 5.80. The van der Waals surface area contributed by atoms with Crippen LogP contribution >= 0.6 is 0 Å². The van der Waals surface area contributed by atoms with Crippen LogP contribution in [0.2, 0.25) is 0 Å². The molecule has 10 nitrogen and oxygen atoms in total. The molecule has 3 aromatic rings. The van der Waals surface area contributed by atoms with Gasteiger partial charge in [0.2, 0.25) is 5.96 Å². The van der Waals surface area contributed by atoms with Gasteiger partial charge in [-0.1, -0.05) is 5.10 Å². The minimum absolute atomic E-state index is 0.280. The molecule has 4 rings (SSSR count). The van der Waals surface area contributed by atoms with Gasteiger partial charge in [0.05, 0.1) is 12.8 Å². The van der Waals surface area contributed by atoms with Gasteiger partial charge in [-0.3, -0.25) is 9.98 Å². The number of piperidine rings is 1. The van der Waals surface area contributed by atoms with Crippen molar-refractivity contribution >= 4 is 11.9 Å². The fourth-order valence-electron chi connectivity index (χ4n) is 3.45. The van der Waals surface area contributed by atoms with Crippen LogP contribution in [0.15, 0.2) is 36.8 Å². The van der Waals surface area contributed by atoms with E-state index in [2.05, 4.69) is 30.5 Å². The van der Waals surface area contributed by atoms with E-state index < -0.39 is 0 Å². The molecule has 0 amide bonds. The highest BCUT2D eigenvalue weighted by atomic mass is 16.5. The van der Waals surface area contributed by atoms with Crippen molar-refractivity contribution in [1.82, 2.24) is 35.1 Å². The van der Waals surface area contributed by atoms with Crippen molar-refractivity contribution in [3.8, 4) is 17.0 Å². The number of hydrogen-bond acceptors (Lipinski definition) is 7. The molecule has 28 heavy (non-hydrogen) atoms. The van der Waals surface area contributed by atoms with Crippen LogP contribution in [-0.2, 0) is 0 Å². The van der Waals surface area contributed by atoms with E-state index in [1.807, 2.05) is 42.4 Å². The molecular weight excluding hydrogens is 358 g/mol. The van der Waals surface area contributed by atoms with E-state index in [1.165, 1.54) is 0 Å². The Balaban J connectivity index is 1.39. The average molecular weight is 381 g/mol. The molecule has 3 heterocycles. The summed E-state index contributed by atoms with van der Waals surface area (Å²) in [5.41, 5.74) is 1.82. The van der Waals surface area contributed by atoms with Crippen LogP contribution < -0.4 is 9.64 Å². The van der Waals surface area contributed by atoms with Gasteiger partial charge in [0, 0.05) is 37.9 Å². The topological polar surface area (TPSA) is 112 Å². The minimum atomic E-state index is 0.280. The van der Waals surface area contributed by atoms with Crippen LogP contribution in [0.25, 0.3) is 11.3 Å². The van der Waals surface area contributed by atoms with Crippen LogP contribution in [0, 0.1) is 5.41 Å². The SMILES string of the molecule is COc1ccc(-c2cn(C(=N)N(C)C3CCN(c4nn[nH]n4)CC3)cn2)cc1. The van der Waals surface area contributed by atoms with Gasteiger partial charge in [0.1, 0.15) is 12.1 Å². The number of tetrazole rings is 1. The number of hydrogen-bond donors (Lipinski definition) is 2. The molecule has 0 atom stereocenters. The van der Waals surface area contributed by atoms with Crippen LogP contribution in [0.5, 0.6) is 5.75 Å². The van der Waals surface area contributed by atoms with E-state index in [4.69, 9.17) is 10.1 Å². The second-order valence-corrected chi connectivity index (χ2v) is 6.76. The van der Waals surface area contributed by atoms with Crippen molar-refractivity contribution in [2.75, 3.05) is 32.1 Å². The third-order valence-electron chi connectivity index (χ3n) is 5.18. The highest BCUT2D eigenvalue weighted by Crippen LogP contribution is 2.22. The van der Waals surface area contributed by atoms with Crippen molar-refractivity contribution in [1.29, 1.82) is 5.41 Å². The van der Waals surface area contributed by atoms with Gasteiger partial charge in [0.25, 0.3) is 5.95 Å². The Morgan fingerprint density at radius 3 is 2.64 bits per heavy atom. The molecule has 2 N–H and O–H groups in total. The van der Waals surface area contributed by atoms with Gasteiger partial charge >= 0.3 is 0 Å². The van der Waals surface area contributed by atoms with Gasteiger partial charge in [-0.05, 0) is 42.3 Å². The lowest BCUT2D eigenvalue weighted by atomic mass is 10.0. The lowest BCUT2D eigenvalue weighted by molar-refractivity contribution is 0.296. The second kappa shape index (κ2) is 7.67. The number of nitrogens with one attached hydrogen (secondary N) is 2. The number of ether oxygens (including phenoxy) is 1. The van der Waals surface area contributed by atoms with Crippen molar-refractivity contribution < 1.29 is 4.74 Å². The normalized spacial score (nSPS) is 14.9. The average Bonchev–Trinajstić information content (AvgIpc) is 3.45. The first-order valence-electron chi connectivity index (χ1n) is 9.14. The maximum atomic E-state index is 8.58. The summed E-state index contributed by atoms with van der Waals surface area (Å²) in [6.45, 7) is 1.67. The number of aromatic nitrogens is 6. The lowest BCUT2D eigenvalue weighted by Gasteiger charge is -2.37. The summed E-state index contributed by atoms with van der Waals surface area (Å²) in [4.78, 5) is 8.57. The number of methoxy groups -OCH3 is 1. The largest absolute Gasteiger partial charge is 0.497 e. The number of aromatic amines is 1. The van der Waals surface area contributed by atoms with Crippen molar-refractivity contribution in [3.63, 3.8) is 0 Å². The molecule has 1 aliphatic heterocycles. The van der Waals surface area contributed by atoms with Crippen LogP contribution in [0.4, 0.5) is 5.95 Å². The molecule has 0 radical (unpaired) electrons. The van der Waals surface area contributed by atoms with E-state index in [0.29, 0.717) is 11.9 Å². The fraction of sp³-hybridized carbons (Fsp3) is 0.389. The summed E-state index contributed by atoms with van der Waals surface area (Å²) in [6, 6.07) is 8.02. The van der Waals surface area contributed by atoms with E-state index in [1.54, 1.807) is 18.0 Å². The molecule has 1 fully saturated rings. The fourth-order valence-corrected chi connectivity index (χ4v) is 3.45. The smallest absolute Gasteiger partial charge is 0.265 e. The molecule has 1 saturated heterocycles. The summed E-state index contributed by atoms with van der Waals surface area (Å²) in [5.74, 6) is 1.85. The molecule has 0 saturated carbocycles. The van der Waals surface area contributed by atoms with Crippen LogP contribution in [-0.4, -0.2) is 74.3 Å². The Kier molecular flexibility index (Phi) is 4.92. The summed E-state index contributed by atoms with van der Waals surface area (Å²) in [6.07, 6.45) is 5.42. The quantitative estimate of drug-likeness (QED) is 0.520. The number of anilines is 1. The Hall–Kier alpha value is -3.43. The molecule has 10 heteroatoms. The number of rotatable bonds is 4. The van der Waals surface area contributed by atoms with E-state index in [9.17, 15) is 0 Å². The molecular formula is C18H23N9O. The van der Waals surface area contributed by atoms with Gasteiger partial charge in [-0.25, -0.2) is 4.98 Å². The number of benzene rings is 1. The van der Waals surface area contributed by atoms with Gasteiger partial charge < -0.3 is 14.5 Å². The van der Waals surface area contributed by atoms with Gasteiger partial charge in [-0.2, -0.15) is 5.21 Å². The third kappa shape index (κ3) is 3.53. The predicted molar refractivity (Wildman–Crippen MR) is 105 cm³/mol. The van der Waals surface area contributed by atoms with Gasteiger partial charge in [-0.15, -0.1) is 5.10 Å². The molecule has 0 aliphatic carbocycles. The number of imidazole rings is 1. The Morgan fingerprint density at radius 1 is 1.25 bits per heavy atom. The number of nitrogens with zero attached hydrogens (tertiary/aromatic N) is 7. The molecule has 0 spiro atoms. The molecule has 0 bridgehead atoms. The molecule has 1 aromatic carbocycles. The summed E-state index contributed by atoms with van der Waals surface area (Å²) in [5, 5.41) is 22.8. The Labute approximate surface area is 162 Å². The first kappa shape index (κ1) is 18.0. The first-order chi connectivity index (χ1) is 13.7. The Morgan fingerprint density at radius 2 is 2.00 bits per heavy atom. The summed E-state index contributed by atoms with van der Waals surface area (Å²) >= 11 is 0. The maximum absolute atomic E-state index is 8.58. The zero-order chi connectivity index (χ0) is 19.5. The zero-order valence-corrected chi connectivity index (χ0v) is 15.9. The summed E-state index contributed by atoms with van der Waals surface area (Å²) in [7, 11) is 3.61. The zero-order valence-electron chi connectivity index (χ0n) is 15.9. The predicted octanol–water partition coefficient (Wildman–Crippen LogP) is 1.46.